The van der Waals surface area contributed by atoms with Crippen molar-refractivity contribution in [3.05, 3.63) is 26.0 Å². The molecular formula is C16H20BrN3O3S. The molecule has 0 aliphatic carbocycles. The first-order valence-corrected chi connectivity index (χ1v) is 9.54. The second kappa shape index (κ2) is 6.48. The van der Waals surface area contributed by atoms with Crippen LogP contribution in [0.3, 0.4) is 0 Å². The summed E-state index contributed by atoms with van der Waals surface area (Å²) in [6.07, 6.45) is 2.31. The van der Waals surface area contributed by atoms with Gasteiger partial charge in [0.2, 0.25) is 0 Å². The molecule has 1 aliphatic heterocycles. The zero-order valence-electron chi connectivity index (χ0n) is 13.9. The van der Waals surface area contributed by atoms with E-state index < -0.39 is 5.60 Å². The highest BCUT2D eigenvalue weighted by Gasteiger charge is 2.33. The van der Waals surface area contributed by atoms with Gasteiger partial charge in [-0.3, -0.25) is 9.69 Å². The predicted molar refractivity (Wildman–Crippen MR) is 97.5 cm³/mol. The third-order valence-electron chi connectivity index (χ3n) is 3.82. The zero-order valence-corrected chi connectivity index (χ0v) is 16.3. The number of amides is 1. The van der Waals surface area contributed by atoms with Crippen molar-refractivity contribution in [2.75, 3.05) is 6.54 Å². The molecule has 1 fully saturated rings. The summed E-state index contributed by atoms with van der Waals surface area (Å²) in [7, 11) is 0. The van der Waals surface area contributed by atoms with Crippen LogP contribution >= 0.6 is 27.3 Å². The van der Waals surface area contributed by atoms with Crippen LogP contribution < -0.4 is 5.56 Å². The van der Waals surface area contributed by atoms with Gasteiger partial charge in [0.1, 0.15) is 16.1 Å². The number of carbonyl (C=O) groups excluding carboxylic acids is 1. The van der Waals surface area contributed by atoms with Crippen molar-refractivity contribution in [3.63, 3.8) is 0 Å². The first-order valence-electron chi connectivity index (χ1n) is 7.93. The number of rotatable bonds is 1. The third kappa shape index (κ3) is 3.64. The van der Waals surface area contributed by atoms with Crippen molar-refractivity contribution in [2.45, 2.75) is 51.7 Å². The summed E-state index contributed by atoms with van der Waals surface area (Å²) in [5, 5.41) is 0. The van der Waals surface area contributed by atoms with Gasteiger partial charge in [0.25, 0.3) is 5.56 Å². The van der Waals surface area contributed by atoms with Gasteiger partial charge in [-0.2, -0.15) is 0 Å². The van der Waals surface area contributed by atoms with E-state index in [0.29, 0.717) is 22.6 Å². The molecule has 2 aromatic rings. The topological polar surface area (TPSA) is 75.3 Å². The second-order valence-corrected chi connectivity index (χ2v) is 9.33. The maximum atomic E-state index is 12.5. The first kappa shape index (κ1) is 17.4. The molecule has 130 valence electrons. The summed E-state index contributed by atoms with van der Waals surface area (Å²) >= 11 is 4.74. The lowest BCUT2D eigenvalue weighted by atomic mass is 10.0. The summed E-state index contributed by atoms with van der Waals surface area (Å²) in [6.45, 7) is 6.14. The molecule has 1 unspecified atom stereocenters. The highest BCUT2D eigenvalue weighted by atomic mass is 79.9. The van der Waals surface area contributed by atoms with Gasteiger partial charge in [-0.15, -0.1) is 11.3 Å². The Labute approximate surface area is 152 Å². The summed E-state index contributed by atoms with van der Waals surface area (Å²) in [6, 6.07) is 1.57. The van der Waals surface area contributed by atoms with Crippen molar-refractivity contribution < 1.29 is 9.53 Å². The minimum Gasteiger partial charge on any atom is -0.444 e. The molecule has 0 aromatic carbocycles. The number of thiophene rings is 1. The highest BCUT2D eigenvalue weighted by Crippen LogP contribution is 2.32. The van der Waals surface area contributed by atoms with Gasteiger partial charge < -0.3 is 9.72 Å². The van der Waals surface area contributed by atoms with E-state index in [0.717, 1.165) is 23.0 Å². The van der Waals surface area contributed by atoms with Crippen LogP contribution in [-0.2, 0) is 4.74 Å². The Bertz CT molecular complexity index is 824. The zero-order chi connectivity index (χ0) is 17.5. The number of piperidine rings is 1. The maximum absolute atomic E-state index is 12.5. The molecule has 1 atom stereocenters. The van der Waals surface area contributed by atoms with Gasteiger partial charge in [-0.1, -0.05) is 0 Å². The highest BCUT2D eigenvalue weighted by molar-refractivity contribution is 9.11. The molecule has 1 saturated heterocycles. The largest absolute Gasteiger partial charge is 0.444 e. The van der Waals surface area contributed by atoms with E-state index in [1.54, 1.807) is 4.90 Å². The van der Waals surface area contributed by atoms with Crippen LogP contribution in [0.4, 0.5) is 4.79 Å². The number of likely N-dealkylation sites (tertiary alicyclic amines) is 1. The van der Waals surface area contributed by atoms with E-state index in [-0.39, 0.29) is 17.7 Å². The minimum absolute atomic E-state index is 0.166. The lowest BCUT2D eigenvalue weighted by Gasteiger charge is -2.36. The standard InChI is InChI=1S/C16H20BrN3O3S/c1-16(2,3)23-15(22)20-7-5-4-6-10(20)13-18-9-8-11(17)24-12(9)14(21)19-13/h8,10H,4-7H2,1-3H3,(H,18,19,21). The van der Waals surface area contributed by atoms with Crippen LogP contribution in [0.1, 0.15) is 51.9 Å². The lowest BCUT2D eigenvalue weighted by Crippen LogP contribution is -2.42. The molecule has 0 saturated carbocycles. The Hall–Kier alpha value is -1.41. The molecule has 24 heavy (non-hydrogen) atoms. The van der Waals surface area contributed by atoms with Crippen molar-refractivity contribution >= 4 is 43.6 Å². The Morgan fingerprint density at radius 3 is 2.92 bits per heavy atom. The average molecular weight is 414 g/mol. The smallest absolute Gasteiger partial charge is 0.410 e. The number of carbonyl (C=O) groups is 1. The molecule has 3 rings (SSSR count). The predicted octanol–water partition coefficient (Wildman–Crippen LogP) is 4.21. The van der Waals surface area contributed by atoms with E-state index in [4.69, 9.17) is 4.74 Å². The molecule has 3 heterocycles. The van der Waals surface area contributed by atoms with E-state index >= 15 is 0 Å². The van der Waals surface area contributed by atoms with Crippen LogP contribution in [0.25, 0.3) is 10.2 Å². The van der Waals surface area contributed by atoms with Crippen LogP contribution in [0.5, 0.6) is 0 Å². The van der Waals surface area contributed by atoms with Gasteiger partial charge >= 0.3 is 6.09 Å². The average Bonchev–Trinajstić information content (AvgIpc) is 2.86. The normalized spacial score (nSPS) is 18.8. The number of H-pyrrole nitrogens is 1. The van der Waals surface area contributed by atoms with Crippen molar-refractivity contribution in [1.29, 1.82) is 0 Å². The molecule has 0 radical (unpaired) electrons. The molecule has 0 spiro atoms. The molecule has 2 aromatic heterocycles. The number of halogens is 1. The number of aromatic amines is 1. The number of fused-ring (bicyclic) bond motifs is 1. The molecule has 1 aliphatic rings. The molecule has 8 heteroatoms. The van der Waals surface area contributed by atoms with E-state index in [1.807, 2.05) is 26.8 Å². The summed E-state index contributed by atoms with van der Waals surface area (Å²) in [5.74, 6) is 0.531. The van der Waals surface area contributed by atoms with Crippen LogP contribution in [0, 0.1) is 0 Å². The molecule has 6 nitrogen and oxygen atoms in total. The monoisotopic (exact) mass is 413 g/mol. The fourth-order valence-corrected chi connectivity index (χ4v) is 4.26. The van der Waals surface area contributed by atoms with Gasteiger partial charge in [0.05, 0.1) is 15.3 Å². The lowest BCUT2D eigenvalue weighted by molar-refractivity contribution is 0.00845. The van der Waals surface area contributed by atoms with E-state index in [1.165, 1.54) is 11.3 Å². The summed E-state index contributed by atoms with van der Waals surface area (Å²) in [5.41, 5.74) is -0.0667. The van der Waals surface area contributed by atoms with Gasteiger partial charge in [0.15, 0.2) is 0 Å². The number of aromatic nitrogens is 2. The molecular weight excluding hydrogens is 394 g/mol. The maximum Gasteiger partial charge on any atom is 0.410 e. The number of nitrogens with one attached hydrogen (secondary N) is 1. The Morgan fingerprint density at radius 2 is 2.21 bits per heavy atom. The third-order valence-corrected chi connectivity index (χ3v) is 5.44. The number of hydrogen-bond donors (Lipinski definition) is 1. The van der Waals surface area contributed by atoms with Crippen molar-refractivity contribution in [2.24, 2.45) is 0 Å². The Balaban J connectivity index is 1.96. The molecule has 1 amide bonds. The summed E-state index contributed by atoms with van der Waals surface area (Å²) < 4.78 is 6.96. The molecule has 1 N–H and O–H groups in total. The Morgan fingerprint density at radius 1 is 1.46 bits per heavy atom. The first-order chi connectivity index (χ1) is 11.2. The minimum atomic E-state index is -0.553. The second-order valence-electron chi connectivity index (χ2n) is 6.90. The number of ether oxygens (including phenoxy) is 1. The van der Waals surface area contributed by atoms with Crippen LogP contribution in [0.15, 0.2) is 14.6 Å². The quantitative estimate of drug-likeness (QED) is 0.759. The van der Waals surface area contributed by atoms with Crippen molar-refractivity contribution in [1.82, 2.24) is 14.9 Å². The Kier molecular flexibility index (Phi) is 4.70. The van der Waals surface area contributed by atoms with Crippen LogP contribution in [0.2, 0.25) is 0 Å². The number of hydrogen-bond acceptors (Lipinski definition) is 5. The van der Waals surface area contributed by atoms with Crippen molar-refractivity contribution in [3.8, 4) is 0 Å². The van der Waals surface area contributed by atoms with Crippen LogP contribution in [-0.4, -0.2) is 33.1 Å². The summed E-state index contributed by atoms with van der Waals surface area (Å²) in [4.78, 5) is 34.0. The number of nitrogens with zero attached hydrogens (tertiary/aromatic N) is 2. The van der Waals surface area contributed by atoms with Gasteiger partial charge in [0, 0.05) is 6.54 Å². The SMILES string of the molecule is CC(C)(C)OC(=O)N1CCCCC1c1nc2cc(Br)sc2c(=O)[nH]1. The van der Waals surface area contributed by atoms with E-state index in [2.05, 4.69) is 25.9 Å². The van der Waals surface area contributed by atoms with Gasteiger partial charge in [-0.25, -0.2) is 9.78 Å². The fourth-order valence-electron chi connectivity index (χ4n) is 2.84. The fraction of sp³-hybridized carbons (Fsp3) is 0.562. The van der Waals surface area contributed by atoms with Gasteiger partial charge in [-0.05, 0) is 62.0 Å². The van der Waals surface area contributed by atoms with E-state index in [9.17, 15) is 9.59 Å². The molecule has 0 bridgehead atoms.